The van der Waals surface area contributed by atoms with Crippen LogP contribution in [-0.4, -0.2) is 17.1 Å². The molecule has 2 heteroatoms. The van der Waals surface area contributed by atoms with Gasteiger partial charge >= 0.3 is 0 Å². The average molecular weight is 158 g/mol. The molecule has 0 aliphatic carbocycles. The molecule has 1 nitrogen and oxygen atoms in total. The van der Waals surface area contributed by atoms with E-state index in [1.54, 1.807) is 0 Å². The Balaban J connectivity index is 2.98. The van der Waals surface area contributed by atoms with Crippen LogP contribution in [-0.2, 0) is 4.43 Å². The van der Waals surface area contributed by atoms with E-state index in [2.05, 4.69) is 19.9 Å². The predicted octanol–water partition coefficient (Wildman–Crippen LogP) is 1.42. The van der Waals surface area contributed by atoms with Gasteiger partial charge in [-0.25, -0.2) is 0 Å². The van der Waals surface area contributed by atoms with Crippen molar-refractivity contribution in [2.45, 2.75) is 33.1 Å². The van der Waals surface area contributed by atoms with Gasteiger partial charge in [-0.05, 0) is 33.1 Å². The Morgan fingerprint density at radius 2 is 2.10 bits per heavy atom. The first kappa shape index (κ1) is 9.92. The Morgan fingerprint density at radius 3 is 2.60 bits per heavy atom. The zero-order valence-corrected chi connectivity index (χ0v) is 9.31. The van der Waals surface area contributed by atoms with Crippen molar-refractivity contribution in [2.24, 2.45) is 0 Å². The highest BCUT2D eigenvalue weighted by Gasteiger charge is 1.84. The summed E-state index contributed by atoms with van der Waals surface area (Å²) in [5.41, 5.74) is 1.42. The highest BCUT2D eigenvalue weighted by atomic mass is 28.2. The lowest BCUT2D eigenvalue weighted by molar-refractivity contribution is 0.337. The summed E-state index contributed by atoms with van der Waals surface area (Å²) in [5, 5.41) is 0. The first-order valence-electron chi connectivity index (χ1n) is 3.89. The van der Waals surface area contributed by atoms with Crippen LogP contribution in [0.1, 0.15) is 33.1 Å². The smallest absolute Gasteiger partial charge is 0.145 e. The van der Waals surface area contributed by atoms with Crippen LogP contribution in [0, 0.1) is 0 Å². The van der Waals surface area contributed by atoms with Gasteiger partial charge in [0.1, 0.15) is 10.5 Å². The second-order valence-electron chi connectivity index (χ2n) is 2.77. The van der Waals surface area contributed by atoms with Crippen LogP contribution < -0.4 is 0 Å². The average Bonchev–Trinajstić information content (AvgIpc) is 1.87. The van der Waals surface area contributed by atoms with E-state index in [9.17, 15) is 0 Å². The van der Waals surface area contributed by atoms with Gasteiger partial charge in [0.05, 0.1) is 0 Å². The van der Waals surface area contributed by atoms with Crippen LogP contribution in [0.2, 0.25) is 0 Å². The molecule has 0 amide bonds. The fraction of sp³-hybridized carbons (Fsp3) is 0.750. The van der Waals surface area contributed by atoms with E-state index in [4.69, 9.17) is 4.43 Å². The molecule has 0 atom stereocenters. The lowest BCUT2D eigenvalue weighted by atomic mass is 10.2. The molecule has 0 fully saturated rings. The van der Waals surface area contributed by atoms with Crippen LogP contribution in [0.15, 0.2) is 11.6 Å². The minimum atomic E-state index is 0.889. The van der Waals surface area contributed by atoms with Crippen molar-refractivity contribution < 1.29 is 4.43 Å². The van der Waals surface area contributed by atoms with Crippen molar-refractivity contribution in [3.05, 3.63) is 11.6 Å². The Bertz CT molecular complexity index is 95.4. The summed E-state index contributed by atoms with van der Waals surface area (Å²) in [6, 6.07) is 0. The van der Waals surface area contributed by atoms with E-state index in [1.165, 1.54) is 24.8 Å². The van der Waals surface area contributed by atoms with Crippen molar-refractivity contribution >= 4 is 10.5 Å². The fourth-order valence-electron chi connectivity index (χ4n) is 0.781. The normalized spacial score (nSPS) is 9.80. The molecule has 0 aliphatic heterocycles. The molecule has 0 bridgehead atoms. The van der Waals surface area contributed by atoms with Crippen LogP contribution in [0.5, 0.6) is 0 Å². The SMILES string of the molecule is CC(C)=CCCCCO[SiH3]. The van der Waals surface area contributed by atoms with Crippen molar-refractivity contribution in [1.82, 2.24) is 0 Å². The maximum Gasteiger partial charge on any atom is 0.145 e. The molecule has 0 rings (SSSR count). The second kappa shape index (κ2) is 7.03. The van der Waals surface area contributed by atoms with Gasteiger partial charge in [0.25, 0.3) is 0 Å². The van der Waals surface area contributed by atoms with Gasteiger partial charge in [0.15, 0.2) is 0 Å². The van der Waals surface area contributed by atoms with Gasteiger partial charge in [-0.1, -0.05) is 11.6 Å². The summed E-state index contributed by atoms with van der Waals surface area (Å²) in [6.45, 7) is 5.25. The van der Waals surface area contributed by atoms with Crippen LogP contribution in [0.4, 0.5) is 0 Å². The number of unbranched alkanes of at least 4 members (excludes halogenated alkanes) is 2. The molecule has 0 aromatic rings. The molecule has 0 unspecified atom stereocenters. The molecule has 10 heavy (non-hydrogen) atoms. The quantitative estimate of drug-likeness (QED) is 0.334. The third kappa shape index (κ3) is 7.92. The van der Waals surface area contributed by atoms with Gasteiger partial charge in [0, 0.05) is 6.61 Å². The molecular weight excluding hydrogens is 140 g/mol. The Kier molecular flexibility index (Phi) is 6.97. The molecule has 0 saturated heterocycles. The third-order valence-corrected chi connectivity index (χ3v) is 1.76. The largest absolute Gasteiger partial charge is 0.428 e. The minimum absolute atomic E-state index is 0.889. The molecule has 0 saturated carbocycles. The predicted molar refractivity (Wildman–Crippen MR) is 49.2 cm³/mol. The molecular formula is C8H18OSi. The molecule has 0 aromatic heterocycles. The van der Waals surface area contributed by atoms with Gasteiger partial charge in [-0.15, -0.1) is 0 Å². The van der Waals surface area contributed by atoms with Crippen LogP contribution in [0.25, 0.3) is 0 Å². The van der Waals surface area contributed by atoms with Crippen molar-refractivity contribution in [3.63, 3.8) is 0 Å². The summed E-state index contributed by atoms with van der Waals surface area (Å²) in [6.07, 6.45) is 5.99. The monoisotopic (exact) mass is 158 g/mol. The fourth-order valence-corrected chi connectivity index (χ4v) is 1.07. The summed E-state index contributed by atoms with van der Waals surface area (Å²) < 4.78 is 5.07. The van der Waals surface area contributed by atoms with E-state index < -0.39 is 0 Å². The maximum absolute atomic E-state index is 5.07. The Morgan fingerprint density at radius 1 is 1.40 bits per heavy atom. The molecule has 0 N–H and O–H groups in total. The second-order valence-corrected chi connectivity index (χ2v) is 3.35. The minimum Gasteiger partial charge on any atom is -0.428 e. The summed E-state index contributed by atoms with van der Waals surface area (Å²) in [4.78, 5) is 0. The van der Waals surface area contributed by atoms with Crippen molar-refractivity contribution in [2.75, 3.05) is 6.61 Å². The Hall–Kier alpha value is -0.0831. The highest BCUT2D eigenvalue weighted by Crippen LogP contribution is 1.99. The van der Waals surface area contributed by atoms with E-state index in [0.717, 1.165) is 17.1 Å². The molecule has 0 radical (unpaired) electrons. The zero-order chi connectivity index (χ0) is 7.82. The topological polar surface area (TPSA) is 9.23 Å². The number of rotatable bonds is 5. The number of hydrogen-bond acceptors (Lipinski definition) is 1. The van der Waals surface area contributed by atoms with E-state index in [0.29, 0.717) is 0 Å². The highest BCUT2D eigenvalue weighted by molar-refractivity contribution is 5.97. The maximum atomic E-state index is 5.07. The van der Waals surface area contributed by atoms with Crippen LogP contribution >= 0.6 is 0 Å². The zero-order valence-electron chi connectivity index (χ0n) is 7.31. The molecule has 0 heterocycles. The Labute approximate surface area is 67.0 Å². The molecule has 0 aliphatic rings. The van der Waals surface area contributed by atoms with Crippen LogP contribution in [0.3, 0.4) is 0 Å². The lowest BCUT2D eigenvalue weighted by Gasteiger charge is -1.96. The van der Waals surface area contributed by atoms with E-state index >= 15 is 0 Å². The van der Waals surface area contributed by atoms with Gasteiger partial charge in [0.2, 0.25) is 0 Å². The summed E-state index contributed by atoms with van der Waals surface area (Å²) >= 11 is 0. The van der Waals surface area contributed by atoms with Gasteiger partial charge in [-0.3, -0.25) is 0 Å². The van der Waals surface area contributed by atoms with E-state index in [1.807, 2.05) is 0 Å². The third-order valence-electron chi connectivity index (χ3n) is 1.36. The first-order valence-corrected chi connectivity index (χ1v) is 4.71. The lowest BCUT2D eigenvalue weighted by Crippen LogP contribution is -1.88. The first-order chi connectivity index (χ1) is 4.77. The summed E-state index contributed by atoms with van der Waals surface area (Å²) in [7, 11) is 0.889. The standard InChI is InChI=1S/C8H18OSi/c1-8(2)6-4-3-5-7-9-10/h6H,3-5,7H2,1-2,10H3. The molecule has 0 spiro atoms. The van der Waals surface area contributed by atoms with Gasteiger partial charge < -0.3 is 4.43 Å². The van der Waals surface area contributed by atoms with Crippen molar-refractivity contribution in [1.29, 1.82) is 0 Å². The number of hydrogen-bond donors (Lipinski definition) is 0. The van der Waals surface area contributed by atoms with E-state index in [-0.39, 0.29) is 0 Å². The van der Waals surface area contributed by atoms with Crippen molar-refractivity contribution in [3.8, 4) is 0 Å². The van der Waals surface area contributed by atoms with Gasteiger partial charge in [-0.2, -0.15) is 0 Å². The molecule has 0 aromatic carbocycles. The number of allylic oxidation sites excluding steroid dienone is 2. The molecule has 60 valence electrons. The summed E-state index contributed by atoms with van der Waals surface area (Å²) in [5.74, 6) is 0.